The Morgan fingerprint density at radius 1 is 0.825 bits per heavy atom. The highest BCUT2D eigenvalue weighted by atomic mass is 16.5. The van der Waals surface area contributed by atoms with Gasteiger partial charge in [-0.2, -0.15) is 0 Å². The van der Waals surface area contributed by atoms with E-state index >= 15 is 0 Å². The highest BCUT2D eigenvalue weighted by Crippen LogP contribution is 2.33. The molecule has 17 heteroatoms. The van der Waals surface area contributed by atoms with Crippen molar-refractivity contribution in [2.75, 3.05) is 39.3 Å². The van der Waals surface area contributed by atoms with Gasteiger partial charge in [0.15, 0.2) is 5.96 Å². The molecular weight excluding hydrogens is 805 g/mol. The van der Waals surface area contributed by atoms with Gasteiger partial charge in [-0.25, -0.2) is 4.79 Å². The van der Waals surface area contributed by atoms with E-state index in [4.69, 9.17) is 16.2 Å². The molecule has 11 N–H and O–H groups in total. The Balaban J connectivity index is 1.20. The minimum atomic E-state index is -0.947. The molecule has 1 aliphatic carbocycles. The first-order valence-electron chi connectivity index (χ1n) is 22.0. The summed E-state index contributed by atoms with van der Waals surface area (Å²) < 4.78 is 6.02. The molecule has 0 spiro atoms. The summed E-state index contributed by atoms with van der Waals surface area (Å²) in [4.78, 5) is 70.9. The highest BCUT2D eigenvalue weighted by Gasteiger charge is 2.34. The third-order valence-electron chi connectivity index (χ3n) is 11.4. The van der Waals surface area contributed by atoms with Crippen LogP contribution in [-0.2, 0) is 38.8 Å². The van der Waals surface area contributed by atoms with Gasteiger partial charge in [-0.3, -0.25) is 34.4 Å². The van der Waals surface area contributed by atoms with E-state index in [1.165, 1.54) is 12.1 Å². The van der Waals surface area contributed by atoms with Gasteiger partial charge < -0.3 is 47.9 Å². The van der Waals surface area contributed by atoms with Crippen LogP contribution >= 0.6 is 0 Å². The van der Waals surface area contributed by atoms with Crippen molar-refractivity contribution in [2.24, 2.45) is 28.3 Å². The maximum Gasteiger partial charge on any atom is 0.321 e. The zero-order valence-corrected chi connectivity index (χ0v) is 36.2. The largest absolute Gasteiger partial charge is 0.508 e. The second kappa shape index (κ2) is 25.0. The number of guanidine groups is 1. The number of aliphatic imine (C=N–C) groups is 1. The summed E-state index contributed by atoms with van der Waals surface area (Å²) in [5.74, 6) is 0.405. The molecule has 1 aliphatic heterocycles. The van der Waals surface area contributed by atoms with Crippen LogP contribution in [0, 0.1) is 11.8 Å². The summed E-state index contributed by atoms with van der Waals surface area (Å²) in [5.41, 5.74) is 15.5. The minimum Gasteiger partial charge on any atom is -0.508 e. The van der Waals surface area contributed by atoms with Crippen LogP contribution < -0.4 is 48.1 Å². The van der Waals surface area contributed by atoms with E-state index in [0.717, 1.165) is 47.9 Å². The number of urea groups is 1. The van der Waals surface area contributed by atoms with Crippen molar-refractivity contribution >= 4 is 35.6 Å². The number of carbonyl (C=O) groups excluding carboxylic acids is 5. The second-order valence-electron chi connectivity index (χ2n) is 16.0. The molecule has 17 nitrogen and oxygen atoms in total. The van der Waals surface area contributed by atoms with E-state index in [9.17, 15) is 29.1 Å². The lowest BCUT2D eigenvalue weighted by atomic mass is 9.81. The van der Waals surface area contributed by atoms with Gasteiger partial charge in [-0.1, -0.05) is 55.5 Å². The number of hydrogen-bond donors (Lipinski definition) is 9. The summed E-state index contributed by atoms with van der Waals surface area (Å²) in [6.45, 7) is 5.21. The van der Waals surface area contributed by atoms with Crippen molar-refractivity contribution < 1.29 is 33.8 Å². The summed E-state index contributed by atoms with van der Waals surface area (Å²) in [6, 6.07) is 19.6. The van der Waals surface area contributed by atoms with Crippen molar-refractivity contribution in [3.05, 3.63) is 95.1 Å². The molecule has 0 saturated heterocycles. The van der Waals surface area contributed by atoms with Crippen LogP contribution in [0.2, 0.25) is 0 Å². The van der Waals surface area contributed by atoms with Gasteiger partial charge in [0.05, 0.1) is 6.61 Å². The lowest BCUT2D eigenvalue weighted by Gasteiger charge is -2.29. The van der Waals surface area contributed by atoms with E-state index in [-0.39, 0.29) is 67.9 Å². The molecule has 5 rings (SSSR count). The number of amides is 6. The number of hydrogen-bond acceptors (Lipinski definition) is 10. The molecule has 0 unspecified atom stereocenters. The van der Waals surface area contributed by atoms with Gasteiger partial charge in [-0.05, 0) is 104 Å². The van der Waals surface area contributed by atoms with Crippen molar-refractivity contribution in [3.63, 3.8) is 0 Å². The van der Waals surface area contributed by atoms with Crippen LogP contribution in [0.4, 0.5) is 4.79 Å². The maximum absolute atomic E-state index is 14.5. The molecule has 3 aromatic carbocycles. The predicted molar refractivity (Wildman–Crippen MR) is 240 cm³/mol. The summed E-state index contributed by atoms with van der Waals surface area (Å²) in [5, 5.41) is 26.4. The van der Waals surface area contributed by atoms with Gasteiger partial charge in [0.2, 0.25) is 23.6 Å². The number of rotatable bonds is 22. The van der Waals surface area contributed by atoms with Crippen LogP contribution in [0.5, 0.6) is 11.5 Å². The molecule has 6 amide bonds. The highest BCUT2D eigenvalue weighted by molar-refractivity contribution is 5.95. The minimum absolute atomic E-state index is 0.0480. The van der Waals surface area contributed by atoms with Crippen molar-refractivity contribution in [1.29, 1.82) is 0 Å². The molecular formula is C46H64N10O7. The molecule has 0 aromatic heterocycles. The monoisotopic (exact) mass is 868 g/mol. The number of ether oxygens (including phenoxy) is 1. The molecule has 0 bridgehead atoms. The molecule has 63 heavy (non-hydrogen) atoms. The van der Waals surface area contributed by atoms with Crippen LogP contribution in [0.15, 0.2) is 77.8 Å². The number of aromatic hydroxyl groups is 1. The lowest BCUT2D eigenvalue weighted by Crippen LogP contribution is -2.50. The molecule has 1 saturated carbocycles. The Bertz CT molecular complexity index is 1960. The van der Waals surface area contributed by atoms with E-state index in [2.05, 4.69) is 41.8 Å². The first-order valence-corrected chi connectivity index (χ1v) is 22.0. The molecule has 3 aromatic rings. The lowest BCUT2D eigenvalue weighted by molar-refractivity contribution is -0.132. The molecule has 1 heterocycles. The van der Waals surface area contributed by atoms with Crippen LogP contribution in [-0.4, -0.2) is 91.0 Å². The molecule has 0 radical (unpaired) electrons. The smallest absolute Gasteiger partial charge is 0.321 e. The Hall–Kier alpha value is -6.20. The van der Waals surface area contributed by atoms with Gasteiger partial charge >= 0.3 is 6.03 Å². The molecule has 340 valence electrons. The number of phenols is 1. The normalized spacial score (nSPS) is 17.1. The Kier molecular flexibility index (Phi) is 19.0. The first kappa shape index (κ1) is 47.8. The van der Waals surface area contributed by atoms with Gasteiger partial charge in [0.1, 0.15) is 23.6 Å². The number of fused-ring (bicyclic) bond motifs is 1. The standard InChI is InChI=1S/C46H64N10O7/c1-2-40(58)49-24-25-52-46(62)55-45(48)51-22-5-9-39(43(60)53-28-32-12-18-37(57)19-13-32)54-44(61)41(56-29-35-7-3-4-8-36(35)30-56)33-16-20-38(21-17-33)63-26-6-23-50-42(59)34-14-10-31(27-47)11-15-34/h3-4,7-8,12-13,16-21,31,34,39,41,57H,2,5-6,9-11,14-15,22-30,47H2,1H3,(H,49,58)(H,50,59)(H,53,60)(H,54,61)(H4,48,51,52,55,62)/t31?,34?,39-,41+/m1/s1. The number of nitrogens with two attached hydrogens (primary N) is 2. The van der Waals surface area contributed by atoms with Crippen LogP contribution in [0.25, 0.3) is 0 Å². The van der Waals surface area contributed by atoms with Crippen molar-refractivity contribution in [1.82, 2.24) is 36.8 Å². The van der Waals surface area contributed by atoms with Gasteiger partial charge in [-0.15, -0.1) is 0 Å². The maximum atomic E-state index is 14.5. The Morgan fingerprint density at radius 2 is 1.51 bits per heavy atom. The summed E-state index contributed by atoms with van der Waals surface area (Å²) >= 11 is 0. The fraction of sp³-hybridized carbons (Fsp3) is 0.478. The van der Waals surface area contributed by atoms with Gasteiger partial charge in [0.25, 0.3) is 0 Å². The third-order valence-corrected chi connectivity index (χ3v) is 11.4. The first-order chi connectivity index (χ1) is 30.5. The van der Waals surface area contributed by atoms with Crippen LogP contribution in [0.1, 0.15) is 86.6 Å². The fourth-order valence-corrected chi connectivity index (χ4v) is 7.74. The fourth-order valence-electron chi connectivity index (χ4n) is 7.74. The Labute approximate surface area is 369 Å². The second-order valence-corrected chi connectivity index (χ2v) is 16.0. The molecule has 1 fully saturated rings. The Morgan fingerprint density at radius 3 is 2.17 bits per heavy atom. The number of benzene rings is 3. The number of carbonyl (C=O) groups is 5. The van der Waals surface area contributed by atoms with E-state index in [1.807, 2.05) is 48.5 Å². The zero-order chi connectivity index (χ0) is 45.0. The SMILES string of the molecule is CCC(=O)NCCNC(=O)NC(N)=NCCC[C@@H](NC(=O)[C@H](c1ccc(OCCCNC(=O)C2CCC(CN)CC2)cc1)N1Cc2ccccc2C1)C(=O)NCc1ccc(O)cc1. The summed E-state index contributed by atoms with van der Waals surface area (Å²) in [6.07, 6.45) is 5.29. The number of nitrogens with one attached hydrogen (secondary N) is 6. The van der Waals surface area contributed by atoms with Crippen molar-refractivity contribution in [2.45, 2.75) is 90.0 Å². The summed E-state index contributed by atoms with van der Waals surface area (Å²) in [7, 11) is 0. The average molecular weight is 869 g/mol. The number of nitrogens with zero attached hydrogens (tertiary/aromatic N) is 2. The predicted octanol–water partition coefficient (Wildman–Crippen LogP) is 2.82. The average Bonchev–Trinajstić information content (AvgIpc) is 3.72. The zero-order valence-electron chi connectivity index (χ0n) is 36.2. The molecule has 2 aliphatic rings. The van der Waals surface area contributed by atoms with E-state index in [0.29, 0.717) is 63.7 Å². The van der Waals surface area contributed by atoms with E-state index in [1.54, 1.807) is 19.1 Å². The van der Waals surface area contributed by atoms with Crippen LogP contribution in [0.3, 0.4) is 0 Å². The quantitative estimate of drug-likeness (QED) is 0.0406. The van der Waals surface area contributed by atoms with E-state index < -0.39 is 24.0 Å². The van der Waals surface area contributed by atoms with Crippen molar-refractivity contribution in [3.8, 4) is 11.5 Å². The topological polar surface area (TPSA) is 255 Å². The van der Waals surface area contributed by atoms with Gasteiger partial charge in [0, 0.05) is 58.2 Å². The molecule has 2 atom stereocenters. The third kappa shape index (κ3) is 15.6. The number of phenolic OH excluding ortho intramolecular Hbond substituents is 1.